The predicted molar refractivity (Wildman–Crippen MR) is 98.5 cm³/mol. The molecule has 1 fully saturated rings. The lowest BCUT2D eigenvalue weighted by atomic mass is 10.2. The number of nitrogens with zero attached hydrogens (tertiary/aromatic N) is 2. The SMILES string of the molecule is CCOC(=O)COc1ccc(F)c(N2CCN(C(=O)OC(C)(C)C)CC2)c1. The highest BCUT2D eigenvalue weighted by molar-refractivity contribution is 5.71. The summed E-state index contributed by atoms with van der Waals surface area (Å²) in [5.74, 6) is -0.479. The van der Waals surface area contributed by atoms with Crippen molar-refractivity contribution in [3.05, 3.63) is 24.0 Å². The molecule has 150 valence electrons. The maximum Gasteiger partial charge on any atom is 0.410 e. The Morgan fingerprint density at radius 2 is 1.81 bits per heavy atom. The molecule has 1 aliphatic rings. The molecule has 8 heteroatoms. The summed E-state index contributed by atoms with van der Waals surface area (Å²) < 4.78 is 29.8. The van der Waals surface area contributed by atoms with Gasteiger partial charge in [-0.05, 0) is 39.8 Å². The molecule has 0 spiro atoms. The molecule has 0 aromatic heterocycles. The molecule has 0 radical (unpaired) electrons. The minimum absolute atomic E-state index is 0.231. The van der Waals surface area contributed by atoms with Gasteiger partial charge >= 0.3 is 12.1 Å². The molecule has 1 aromatic carbocycles. The summed E-state index contributed by atoms with van der Waals surface area (Å²) in [5, 5.41) is 0. The topological polar surface area (TPSA) is 68.3 Å². The number of carbonyl (C=O) groups excluding carboxylic acids is 2. The third kappa shape index (κ3) is 6.30. The van der Waals surface area contributed by atoms with Gasteiger partial charge in [0, 0.05) is 32.2 Å². The van der Waals surface area contributed by atoms with Crippen molar-refractivity contribution in [1.82, 2.24) is 4.90 Å². The molecule has 1 heterocycles. The number of rotatable bonds is 5. The summed E-state index contributed by atoms with van der Waals surface area (Å²) in [4.78, 5) is 27.0. The third-order valence-electron chi connectivity index (χ3n) is 3.85. The van der Waals surface area contributed by atoms with Crippen LogP contribution in [0.25, 0.3) is 0 Å². The summed E-state index contributed by atoms with van der Waals surface area (Å²) in [6.45, 7) is 9.02. The van der Waals surface area contributed by atoms with Gasteiger partial charge in [-0.25, -0.2) is 14.0 Å². The standard InChI is InChI=1S/C19H27FN2O5/c1-5-25-17(23)13-26-14-6-7-15(20)16(12-14)21-8-10-22(11-9-21)18(24)27-19(2,3)4/h6-7,12H,5,8-11,13H2,1-4H3. The Balaban J connectivity index is 1.96. The Kier molecular flexibility index (Phi) is 6.87. The van der Waals surface area contributed by atoms with Crippen LogP contribution in [-0.4, -0.2) is 62.0 Å². The predicted octanol–water partition coefficient (Wildman–Crippen LogP) is 2.82. The van der Waals surface area contributed by atoms with E-state index >= 15 is 0 Å². The highest BCUT2D eigenvalue weighted by Crippen LogP contribution is 2.26. The van der Waals surface area contributed by atoms with Crippen molar-refractivity contribution in [3.8, 4) is 5.75 Å². The molecule has 0 saturated carbocycles. The van der Waals surface area contributed by atoms with E-state index < -0.39 is 11.6 Å². The Labute approximate surface area is 159 Å². The van der Waals surface area contributed by atoms with Gasteiger partial charge in [0.1, 0.15) is 17.2 Å². The number of hydrogen-bond acceptors (Lipinski definition) is 6. The minimum Gasteiger partial charge on any atom is -0.482 e. The first kappa shape index (κ1) is 20.8. The van der Waals surface area contributed by atoms with Gasteiger partial charge in [-0.1, -0.05) is 0 Å². The van der Waals surface area contributed by atoms with Crippen LogP contribution in [0.4, 0.5) is 14.9 Å². The van der Waals surface area contributed by atoms with Gasteiger partial charge in [0.15, 0.2) is 6.61 Å². The van der Waals surface area contributed by atoms with E-state index in [1.165, 1.54) is 12.1 Å². The van der Waals surface area contributed by atoms with Crippen LogP contribution in [0.2, 0.25) is 0 Å². The van der Waals surface area contributed by atoms with Gasteiger partial charge in [-0.3, -0.25) is 0 Å². The van der Waals surface area contributed by atoms with Gasteiger partial charge in [-0.15, -0.1) is 0 Å². The quantitative estimate of drug-likeness (QED) is 0.730. The number of ether oxygens (including phenoxy) is 3. The van der Waals surface area contributed by atoms with Crippen molar-refractivity contribution < 1.29 is 28.2 Å². The second-order valence-corrected chi connectivity index (χ2v) is 7.16. The summed E-state index contributed by atoms with van der Waals surface area (Å²) in [6, 6.07) is 4.32. The zero-order valence-electron chi connectivity index (χ0n) is 16.3. The van der Waals surface area contributed by atoms with Gasteiger partial charge in [0.2, 0.25) is 0 Å². The average Bonchev–Trinajstić information content (AvgIpc) is 2.60. The van der Waals surface area contributed by atoms with E-state index in [-0.39, 0.29) is 25.1 Å². The second kappa shape index (κ2) is 8.92. The van der Waals surface area contributed by atoms with Crippen molar-refractivity contribution in [3.63, 3.8) is 0 Å². The number of esters is 1. The Morgan fingerprint density at radius 1 is 1.15 bits per heavy atom. The maximum absolute atomic E-state index is 14.3. The van der Waals surface area contributed by atoms with Crippen LogP contribution in [0, 0.1) is 5.82 Å². The molecule has 1 saturated heterocycles. The zero-order valence-corrected chi connectivity index (χ0v) is 16.3. The molecule has 0 atom stereocenters. The van der Waals surface area contributed by atoms with Crippen LogP contribution in [0.1, 0.15) is 27.7 Å². The van der Waals surface area contributed by atoms with Crippen LogP contribution in [0.15, 0.2) is 18.2 Å². The maximum atomic E-state index is 14.3. The fourth-order valence-electron chi connectivity index (χ4n) is 2.63. The Bertz CT molecular complexity index is 667. The van der Waals surface area contributed by atoms with E-state index in [1.54, 1.807) is 17.9 Å². The average molecular weight is 382 g/mol. The highest BCUT2D eigenvalue weighted by Gasteiger charge is 2.27. The minimum atomic E-state index is -0.551. The Hall–Kier alpha value is -2.51. The van der Waals surface area contributed by atoms with Crippen LogP contribution in [0.3, 0.4) is 0 Å². The van der Waals surface area contributed by atoms with Gasteiger partial charge in [0.25, 0.3) is 0 Å². The second-order valence-electron chi connectivity index (χ2n) is 7.16. The number of piperazine rings is 1. The zero-order chi connectivity index (χ0) is 20.0. The molecular formula is C19H27FN2O5. The molecule has 27 heavy (non-hydrogen) atoms. The lowest BCUT2D eigenvalue weighted by molar-refractivity contribution is -0.145. The van der Waals surface area contributed by atoms with Crippen LogP contribution >= 0.6 is 0 Å². The molecule has 2 rings (SSSR count). The number of benzene rings is 1. The molecule has 0 unspecified atom stereocenters. The summed E-state index contributed by atoms with van der Waals surface area (Å²) >= 11 is 0. The van der Waals surface area contributed by atoms with Gasteiger partial charge < -0.3 is 24.0 Å². The van der Waals surface area contributed by atoms with E-state index in [0.717, 1.165) is 0 Å². The molecular weight excluding hydrogens is 355 g/mol. The van der Waals surface area contributed by atoms with Crippen molar-refractivity contribution in [1.29, 1.82) is 0 Å². The van der Waals surface area contributed by atoms with Crippen molar-refractivity contribution >= 4 is 17.7 Å². The molecule has 7 nitrogen and oxygen atoms in total. The van der Waals surface area contributed by atoms with Crippen molar-refractivity contribution in [2.45, 2.75) is 33.3 Å². The molecule has 0 bridgehead atoms. The first-order valence-electron chi connectivity index (χ1n) is 9.00. The molecule has 1 aliphatic heterocycles. The fraction of sp³-hybridized carbons (Fsp3) is 0.579. The number of hydrogen-bond donors (Lipinski definition) is 0. The molecule has 1 amide bonds. The van der Waals surface area contributed by atoms with Crippen molar-refractivity contribution in [2.24, 2.45) is 0 Å². The first-order chi connectivity index (χ1) is 12.7. The summed E-state index contributed by atoms with van der Waals surface area (Å²) in [5.41, 5.74) is -0.175. The van der Waals surface area contributed by atoms with Crippen LogP contribution in [-0.2, 0) is 14.3 Å². The van der Waals surface area contributed by atoms with E-state index in [4.69, 9.17) is 14.2 Å². The molecule has 0 N–H and O–H groups in total. The van der Waals surface area contributed by atoms with E-state index in [0.29, 0.717) is 37.6 Å². The Morgan fingerprint density at radius 3 is 2.41 bits per heavy atom. The monoisotopic (exact) mass is 382 g/mol. The van der Waals surface area contributed by atoms with E-state index in [1.807, 2.05) is 25.7 Å². The lowest BCUT2D eigenvalue weighted by Gasteiger charge is -2.36. The van der Waals surface area contributed by atoms with Gasteiger partial charge in [0.05, 0.1) is 12.3 Å². The van der Waals surface area contributed by atoms with E-state index in [9.17, 15) is 14.0 Å². The third-order valence-corrected chi connectivity index (χ3v) is 3.85. The van der Waals surface area contributed by atoms with Crippen LogP contribution < -0.4 is 9.64 Å². The smallest absolute Gasteiger partial charge is 0.410 e. The van der Waals surface area contributed by atoms with Crippen LogP contribution in [0.5, 0.6) is 5.75 Å². The largest absolute Gasteiger partial charge is 0.482 e. The lowest BCUT2D eigenvalue weighted by Crippen LogP contribution is -2.50. The summed E-state index contributed by atoms with van der Waals surface area (Å²) in [7, 11) is 0. The highest BCUT2D eigenvalue weighted by atomic mass is 19.1. The number of anilines is 1. The first-order valence-corrected chi connectivity index (χ1v) is 9.00. The summed E-state index contributed by atoms with van der Waals surface area (Å²) in [6.07, 6.45) is -0.367. The van der Waals surface area contributed by atoms with E-state index in [2.05, 4.69) is 0 Å². The van der Waals surface area contributed by atoms with Gasteiger partial charge in [-0.2, -0.15) is 0 Å². The van der Waals surface area contributed by atoms with Crippen molar-refractivity contribution in [2.75, 3.05) is 44.3 Å². The normalized spacial score (nSPS) is 14.7. The number of carbonyl (C=O) groups is 2. The number of halogens is 1. The fourth-order valence-corrected chi connectivity index (χ4v) is 2.63. The number of amides is 1. The molecule has 1 aromatic rings. The molecule has 0 aliphatic carbocycles.